The van der Waals surface area contributed by atoms with Crippen molar-refractivity contribution in [2.45, 2.75) is 19.5 Å². The lowest BCUT2D eigenvalue weighted by atomic mass is 9.94. The summed E-state index contributed by atoms with van der Waals surface area (Å²) in [5.41, 5.74) is 2.73. The second-order valence-corrected chi connectivity index (χ2v) is 7.37. The minimum atomic E-state index is -0.598. The van der Waals surface area contributed by atoms with Crippen molar-refractivity contribution in [1.29, 1.82) is 0 Å². The van der Waals surface area contributed by atoms with Crippen LogP contribution in [0.15, 0.2) is 59.8 Å². The number of ether oxygens (including phenoxy) is 1. The minimum Gasteiger partial charge on any atom is -0.496 e. The standard InChI is InChI=1S/C20H20IN3O3/c1-12-17(19(25)22-11-13-6-4-3-5-7-13)18(24-20(26)23-12)15-10-14(21)8-9-16(15)27-2/h3-10,18H,11H2,1-2H3,(H,22,25)(H2,23,24,26)/t18-/m1/s1. The van der Waals surface area contributed by atoms with Gasteiger partial charge in [-0.2, -0.15) is 0 Å². The van der Waals surface area contributed by atoms with Crippen molar-refractivity contribution in [3.05, 3.63) is 74.5 Å². The molecule has 27 heavy (non-hydrogen) atoms. The van der Waals surface area contributed by atoms with E-state index in [9.17, 15) is 9.59 Å². The first kappa shape index (κ1) is 19.2. The molecular weight excluding hydrogens is 457 g/mol. The largest absolute Gasteiger partial charge is 0.496 e. The lowest BCUT2D eigenvalue weighted by Gasteiger charge is -2.29. The van der Waals surface area contributed by atoms with Crippen LogP contribution < -0.4 is 20.7 Å². The summed E-state index contributed by atoms with van der Waals surface area (Å²) in [6.07, 6.45) is 0. The van der Waals surface area contributed by atoms with Gasteiger partial charge in [0.25, 0.3) is 5.91 Å². The molecule has 0 unspecified atom stereocenters. The summed E-state index contributed by atoms with van der Waals surface area (Å²) < 4.78 is 6.44. The Morgan fingerprint density at radius 3 is 2.67 bits per heavy atom. The smallest absolute Gasteiger partial charge is 0.319 e. The number of amides is 3. The quantitative estimate of drug-likeness (QED) is 0.579. The topological polar surface area (TPSA) is 79.5 Å². The van der Waals surface area contributed by atoms with Gasteiger partial charge in [-0.1, -0.05) is 30.3 Å². The maximum absolute atomic E-state index is 13.0. The summed E-state index contributed by atoms with van der Waals surface area (Å²) in [6.45, 7) is 2.13. The molecule has 1 atom stereocenters. The highest BCUT2D eigenvalue weighted by Gasteiger charge is 2.32. The Labute approximate surface area is 171 Å². The Bertz CT molecular complexity index is 897. The van der Waals surface area contributed by atoms with Crippen LogP contribution in [0.2, 0.25) is 0 Å². The number of urea groups is 1. The Kier molecular flexibility index (Phi) is 6.00. The van der Waals surface area contributed by atoms with Crippen LogP contribution >= 0.6 is 22.6 Å². The second-order valence-electron chi connectivity index (χ2n) is 6.12. The van der Waals surface area contributed by atoms with Gasteiger partial charge in [0.1, 0.15) is 5.75 Å². The fourth-order valence-electron chi connectivity index (χ4n) is 3.03. The number of hydrogen-bond donors (Lipinski definition) is 3. The summed E-state index contributed by atoms with van der Waals surface area (Å²) in [4.78, 5) is 25.0. The molecule has 3 N–H and O–H groups in total. The van der Waals surface area contributed by atoms with Gasteiger partial charge in [-0.3, -0.25) is 4.79 Å². The zero-order valence-corrected chi connectivity index (χ0v) is 17.2. The molecule has 6 nitrogen and oxygen atoms in total. The highest BCUT2D eigenvalue weighted by Crippen LogP contribution is 2.34. The molecule has 3 amide bonds. The first-order chi connectivity index (χ1) is 13.0. The lowest BCUT2D eigenvalue weighted by Crippen LogP contribution is -2.47. The number of hydrogen-bond acceptors (Lipinski definition) is 3. The molecule has 0 saturated carbocycles. The van der Waals surface area contributed by atoms with Crippen LogP contribution in [-0.2, 0) is 11.3 Å². The number of carbonyl (C=O) groups is 2. The number of rotatable bonds is 5. The molecule has 0 aliphatic carbocycles. The van der Waals surface area contributed by atoms with Crippen molar-refractivity contribution < 1.29 is 14.3 Å². The van der Waals surface area contributed by atoms with E-state index in [1.54, 1.807) is 14.0 Å². The van der Waals surface area contributed by atoms with E-state index in [-0.39, 0.29) is 11.9 Å². The summed E-state index contributed by atoms with van der Waals surface area (Å²) in [5.74, 6) is 0.374. The molecule has 0 radical (unpaired) electrons. The van der Waals surface area contributed by atoms with E-state index in [0.29, 0.717) is 23.6 Å². The van der Waals surface area contributed by atoms with Crippen LogP contribution in [0.5, 0.6) is 5.75 Å². The Hall–Kier alpha value is -2.55. The van der Waals surface area contributed by atoms with Crippen molar-refractivity contribution >= 4 is 34.5 Å². The third-order valence-electron chi connectivity index (χ3n) is 4.31. The maximum atomic E-state index is 13.0. The van der Waals surface area contributed by atoms with Gasteiger partial charge in [0.05, 0.1) is 18.7 Å². The summed E-state index contributed by atoms with van der Waals surface area (Å²) in [5, 5.41) is 8.46. The maximum Gasteiger partial charge on any atom is 0.319 e. The van der Waals surface area contributed by atoms with Crippen LogP contribution in [0.3, 0.4) is 0 Å². The van der Waals surface area contributed by atoms with E-state index < -0.39 is 6.04 Å². The fraction of sp³-hybridized carbons (Fsp3) is 0.200. The molecule has 0 saturated heterocycles. The van der Waals surface area contributed by atoms with Crippen molar-refractivity contribution in [3.63, 3.8) is 0 Å². The normalized spacial score (nSPS) is 16.4. The number of allylic oxidation sites excluding steroid dienone is 1. The average molecular weight is 477 g/mol. The second kappa shape index (κ2) is 8.43. The highest BCUT2D eigenvalue weighted by molar-refractivity contribution is 14.1. The third-order valence-corrected chi connectivity index (χ3v) is 4.98. The summed E-state index contributed by atoms with van der Waals surface area (Å²) >= 11 is 2.19. The molecule has 1 heterocycles. The van der Waals surface area contributed by atoms with Crippen molar-refractivity contribution in [1.82, 2.24) is 16.0 Å². The molecule has 7 heteroatoms. The zero-order chi connectivity index (χ0) is 19.4. The SMILES string of the molecule is COc1ccc(I)cc1[C@H]1NC(=O)NC(C)=C1C(=O)NCc1ccccc1. The predicted molar refractivity (Wildman–Crippen MR) is 111 cm³/mol. The predicted octanol–water partition coefficient (Wildman–Crippen LogP) is 3.24. The lowest BCUT2D eigenvalue weighted by molar-refractivity contribution is -0.118. The Morgan fingerprint density at radius 1 is 1.22 bits per heavy atom. The number of nitrogens with one attached hydrogen (secondary N) is 3. The van der Waals surface area contributed by atoms with E-state index in [4.69, 9.17) is 4.74 Å². The van der Waals surface area contributed by atoms with Crippen molar-refractivity contribution in [2.75, 3.05) is 7.11 Å². The van der Waals surface area contributed by atoms with E-state index in [0.717, 1.165) is 14.7 Å². The van der Waals surface area contributed by atoms with Crippen LogP contribution in [0.4, 0.5) is 4.79 Å². The average Bonchev–Trinajstić information content (AvgIpc) is 2.66. The Morgan fingerprint density at radius 2 is 1.96 bits per heavy atom. The fourth-order valence-corrected chi connectivity index (χ4v) is 3.55. The van der Waals surface area contributed by atoms with Gasteiger partial charge in [0.2, 0.25) is 0 Å². The van der Waals surface area contributed by atoms with Crippen molar-refractivity contribution in [2.24, 2.45) is 0 Å². The first-order valence-electron chi connectivity index (χ1n) is 8.43. The number of carbonyl (C=O) groups excluding carboxylic acids is 2. The molecule has 0 spiro atoms. The van der Waals surface area contributed by atoms with E-state index in [1.165, 1.54) is 0 Å². The number of methoxy groups -OCH3 is 1. The van der Waals surface area contributed by atoms with E-state index in [1.807, 2.05) is 48.5 Å². The summed E-state index contributed by atoms with van der Waals surface area (Å²) in [7, 11) is 1.57. The molecule has 2 aromatic rings. The van der Waals surface area contributed by atoms with Gasteiger partial charge in [-0.15, -0.1) is 0 Å². The van der Waals surface area contributed by atoms with Crippen molar-refractivity contribution in [3.8, 4) is 5.75 Å². The van der Waals surface area contributed by atoms with Crippen LogP contribution in [0.25, 0.3) is 0 Å². The molecule has 0 fully saturated rings. The molecule has 140 valence electrons. The Balaban J connectivity index is 1.92. The molecule has 1 aliphatic rings. The zero-order valence-electron chi connectivity index (χ0n) is 15.0. The highest BCUT2D eigenvalue weighted by atomic mass is 127. The van der Waals surface area contributed by atoms with Gasteiger partial charge in [0, 0.05) is 21.4 Å². The first-order valence-corrected chi connectivity index (χ1v) is 9.51. The third kappa shape index (κ3) is 4.41. The minimum absolute atomic E-state index is 0.241. The van der Waals surface area contributed by atoms with E-state index >= 15 is 0 Å². The monoisotopic (exact) mass is 477 g/mol. The number of halogens is 1. The molecule has 0 aromatic heterocycles. The molecule has 1 aliphatic heterocycles. The molecule has 2 aromatic carbocycles. The van der Waals surface area contributed by atoms with Crippen LogP contribution in [-0.4, -0.2) is 19.0 Å². The van der Waals surface area contributed by atoms with Gasteiger partial charge >= 0.3 is 6.03 Å². The van der Waals surface area contributed by atoms with E-state index in [2.05, 4.69) is 38.5 Å². The van der Waals surface area contributed by atoms with Crippen LogP contribution in [0, 0.1) is 3.57 Å². The molecule has 3 rings (SSSR count). The summed E-state index contributed by atoms with van der Waals surface area (Å²) in [6, 6.07) is 14.4. The van der Waals surface area contributed by atoms with Gasteiger partial charge < -0.3 is 20.7 Å². The molecule has 0 bridgehead atoms. The van der Waals surface area contributed by atoms with Crippen LogP contribution in [0.1, 0.15) is 24.1 Å². The van der Waals surface area contributed by atoms with Gasteiger partial charge in [0.15, 0.2) is 0 Å². The van der Waals surface area contributed by atoms with Gasteiger partial charge in [-0.25, -0.2) is 4.79 Å². The number of benzene rings is 2. The molecular formula is C20H20IN3O3. The van der Waals surface area contributed by atoms with Gasteiger partial charge in [-0.05, 0) is 53.3 Å².